The van der Waals surface area contributed by atoms with Crippen molar-refractivity contribution in [3.8, 4) is 5.75 Å². The van der Waals surface area contributed by atoms with Crippen molar-refractivity contribution in [3.63, 3.8) is 0 Å². The average Bonchev–Trinajstić information content (AvgIpc) is 3.00. The quantitative estimate of drug-likeness (QED) is 0.623. The Morgan fingerprint density at radius 3 is 2.81 bits per heavy atom. The van der Waals surface area contributed by atoms with Crippen molar-refractivity contribution in [3.05, 3.63) is 63.7 Å². The van der Waals surface area contributed by atoms with Gasteiger partial charge < -0.3 is 14.8 Å². The van der Waals surface area contributed by atoms with Gasteiger partial charge in [0.2, 0.25) is 0 Å². The van der Waals surface area contributed by atoms with Crippen molar-refractivity contribution in [2.45, 2.75) is 6.54 Å². The van der Waals surface area contributed by atoms with E-state index in [1.165, 1.54) is 18.2 Å². The molecule has 0 radical (unpaired) electrons. The third kappa shape index (κ3) is 4.56. The molecule has 0 unspecified atom stereocenters. The first kappa shape index (κ1) is 19.1. The normalized spacial score (nSPS) is 10.6. The van der Waals surface area contributed by atoms with Crippen molar-refractivity contribution in [2.75, 3.05) is 13.7 Å². The lowest BCUT2D eigenvalue weighted by Crippen LogP contribution is -2.28. The number of benzene rings is 2. The first-order valence-corrected chi connectivity index (χ1v) is 9.11. The highest BCUT2D eigenvalue weighted by atomic mass is 35.5. The van der Waals surface area contributed by atoms with Gasteiger partial charge in [-0.05, 0) is 35.9 Å². The molecule has 2 aromatic carbocycles. The number of esters is 1. The molecule has 0 aliphatic rings. The van der Waals surface area contributed by atoms with Gasteiger partial charge in [0.1, 0.15) is 16.4 Å². The molecule has 1 heterocycles. The Morgan fingerprint density at radius 1 is 1.22 bits per heavy atom. The van der Waals surface area contributed by atoms with Crippen LogP contribution in [0, 0.1) is 5.82 Å². The Bertz CT molecular complexity index is 1000. The predicted octanol–water partition coefficient (Wildman–Crippen LogP) is 4.18. The summed E-state index contributed by atoms with van der Waals surface area (Å²) in [5.41, 5.74) is 0.851. The van der Waals surface area contributed by atoms with E-state index in [4.69, 9.17) is 21.1 Å². The minimum atomic E-state index is -0.724. The van der Waals surface area contributed by atoms with Crippen molar-refractivity contribution in [1.82, 2.24) is 5.32 Å². The van der Waals surface area contributed by atoms with E-state index in [2.05, 4.69) is 5.32 Å². The Labute approximate surface area is 163 Å². The van der Waals surface area contributed by atoms with Gasteiger partial charge in [-0.25, -0.2) is 9.18 Å². The lowest BCUT2D eigenvalue weighted by atomic mass is 10.2. The van der Waals surface area contributed by atoms with Crippen molar-refractivity contribution >= 4 is 44.9 Å². The minimum Gasteiger partial charge on any atom is -0.497 e. The van der Waals surface area contributed by atoms with Crippen molar-refractivity contribution < 1.29 is 23.5 Å². The summed E-state index contributed by atoms with van der Waals surface area (Å²) in [6.07, 6.45) is 0. The van der Waals surface area contributed by atoms with Gasteiger partial charge in [0.15, 0.2) is 6.61 Å². The molecule has 0 bridgehead atoms. The van der Waals surface area contributed by atoms with E-state index in [1.807, 2.05) is 12.1 Å². The predicted molar refractivity (Wildman–Crippen MR) is 102 cm³/mol. The summed E-state index contributed by atoms with van der Waals surface area (Å²) in [6, 6.07) is 11.3. The fourth-order valence-electron chi connectivity index (χ4n) is 2.40. The third-order valence-corrected chi connectivity index (χ3v) is 5.37. The summed E-state index contributed by atoms with van der Waals surface area (Å²) in [5.74, 6) is -0.908. The lowest BCUT2D eigenvalue weighted by molar-refractivity contribution is -0.124. The molecular formula is C19H15ClFNO4S. The molecule has 0 spiro atoms. The van der Waals surface area contributed by atoms with E-state index < -0.39 is 24.3 Å². The number of carbonyl (C=O) groups excluding carboxylic acids is 2. The highest BCUT2D eigenvalue weighted by molar-refractivity contribution is 7.21. The Hall–Kier alpha value is -2.64. The van der Waals surface area contributed by atoms with Crippen LogP contribution in [0.2, 0.25) is 5.02 Å². The molecule has 1 N–H and O–H groups in total. The van der Waals surface area contributed by atoms with E-state index in [-0.39, 0.29) is 16.4 Å². The van der Waals surface area contributed by atoms with Crippen LogP contribution in [0.5, 0.6) is 5.75 Å². The van der Waals surface area contributed by atoms with Crippen LogP contribution in [0.3, 0.4) is 0 Å². The fraction of sp³-hybridized carbons (Fsp3) is 0.158. The van der Waals surface area contributed by atoms with E-state index in [9.17, 15) is 14.0 Å². The molecule has 3 aromatic rings. The zero-order valence-corrected chi connectivity index (χ0v) is 15.8. The molecule has 0 aliphatic heterocycles. The van der Waals surface area contributed by atoms with Crippen LogP contribution in [-0.4, -0.2) is 25.6 Å². The highest BCUT2D eigenvalue weighted by Crippen LogP contribution is 2.36. The van der Waals surface area contributed by atoms with Gasteiger partial charge in [0, 0.05) is 16.6 Å². The summed E-state index contributed by atoms with van der Waals surface area (Å²) in [5, 5.41) is 3.41. The van der Waals surface area contributed by atoms with Crippen LogP contribution >= 0.6 is 22.9 Å². The zero-order chi connectivity index (χ0) is 19.4. The van der Waals surface area contributed by atoms with Crippen molar-refractivity contribution in [1.29, 1.82) is 0 Å². The highest BCUT2D eigenvalue weighted by Gasteiger charge is 2.19. The maximum absolute atomic E-state index is 13.3. The van der Waals surface area contributed by atoms with Gasteiger partial charge >= 0.3 is 5.97 Å². The van der Waals surface area contributed by atoms with E-state index in [0.29, 0.717) is 15.8 Å². The summed E-state index contributed by atoms with van der Waals surface area (Å²) < 4.78 is 24.0. The first-order valence-electron chi connectivity index (χ1n) is 7.92. The SMILES string of the molecule is COc1cccc(CNC(=O)COC(=O)c2sc3cc(F)ccc3c2Cl)c1. The molecule has 5 nitrogen and oxygen atoms in total. The summed E-state index contributed by atoms with van der Waals surface area (Å²) in [6.45, 7) is -0.168. The smallest absolute Gasteiger partial charge is 0.350 e. The Kier molecular flexibility index (Phi) is 5.93. The molecule has 1 amide bonds. The average molecular weight is 408 g/mol. The number of hydrogen-bond donors (Lipinski definition) is 1. The number of amides is 1. The number of hydrogen-bond acceptors (Lipinski definition) is 5. The lowest BCUT2D eigenvalue weighted by Gasteiger charge is -2.07. The molecule has 0 aliphatic carbocycles. The molecule has 140 valence electrons. The number of rotatable bonds is 6. The second-order valence-corrected chi connectivity index (χ2v) is 7.02. The van der Waals surface area contributed by atoms with Crippen LogP contribution < -0.4 is 10.1 Å². The number of fused-ring (bicyclic) bond motifs is 1. The van der Waals surface area contributed by atoms with Crippen LogP contribution in [0.15, 0.2) is 42.5 Å². The third-order valence-electron chi connectivity index (χ3n) is 3.74. The molecule has 1 aromatic heterocycles. The fourth-order valence-corrected chi connectivity index (χ4v) is 3.83. The summed E-state index contributed by atoms with van der Waals surface area (Å²) in [4.78, 5) is 24.2. The maximum Gasteiger partial charge on any atom is 0.350 e. The summed E-state index contributed by atoms with van der Waals surface area (Å²) >= 11 is 7.18. The molecule has 0 fully saturated rings. The number of ether oxygens (including phenoxy) is 2. The van der Waals surface area contributed by atoms with Gasteiger partial charge in [-0.2, -0.15) is 0 Å². The van der Waals surface area contributed by atoms with Crippen LogP contribution in [0.25, 0.3) is 10.1 Å². The van der Waals surface area contributed by atoms with E-state index >= 15 is 0 Å². The second-order valence-electron chi connectivity index (χ2n) is 5.59. The largest absolute Gasteiger partial charge is 0.497 e. The molecule has 8 heteroatoms. The standard InChI is InChI=1S/C19H15ClFNO4S/c1-25-13-4-2-3-11(7-13)9-22-16(23)10-26-19(24)18-17(20)14-6-5-12(21)8-15(14)27-18/h2-8H,9-10H2,1H3,(H,22,23). The number of methoxy groups -OCH3 is 1. The van der Waals surface area contributed by atoms with Gasteiger partial charge in [0.25, 0.3) is 5.91 Å². The Morgan fingerprint density at radius 2 is 2.04 bits per heavy atom. The van der Waals surface area contributed by atoms with Gasteiger partial charge in [-0.15, -0.1) is 11.3 Å². The summed E-state index contributed by atoms with van der Waals surface area (Å²) in [7, 11) is 1.56. The van der Waals surface area contributed by atoms with E-state index in [1.54, 1.807) is 19.2 Å². The number of halogens is 2. The molecule has 3 rings (SSSR count). The van der Waals surface area contributed by atoms with Crippen molar-refractivity contribution in [2.24, 2.45) is 0 Å². The zero-order valence-electron chi connectivity index (χ0n) is 14.3. The number of nitrogens with one attached hydrogen (secondary N) is 1. The minimum absolute atomic E-state index is 0.137. The number of thiophene rings is 1. The van der Waals surface area contributed by atoms with Gasteiger partial charge in [-0.1, -0.05) is 23.7 Å². The molecule has 0 atom stereocenters. The van der Waals surface area contributed by atoms with Crippen LogP contribution in [0.1, 0.15) is 15.2 Å². The monoisotopic (exact) mass is 407 g/mol. The van der Waals surface area contributed by atoms with Gasteiger partial charge in [-0.3, -0.25) is 4.79 Å². The molecular weight excluding hydrogens is 393 g/mol. The second kappa shape index (κ2) is 8.37. The van der Waals surface area contributed by atoms with Gasteiger partial charge in [0.05, 0.1) is 12.1 Å². The molecule has 27 heavy (non-hydrogen) atoms. The number of carbonyl (C=O) groups is 2. The van der Waals surface area contributed by atoms with E-state index in [0.717, 1.165) is 16.9 Å². The Balaban J connectivity index is 1.57. The van der Waals surface area contributed by atoms with Crippen LogP contribution in [0.4, 0.5) is 4.39 Å². The molecule has 0 saturated heterocycles. The topological polar surface area (TPSA) is 64.6 Å². The first-order chi connectivity index (χ1) is 13.0. The maximum atomic E-state index is 13.3. The van der Waals surface area contributed by atoms with Crippen LogP contribution in [-0.2, 0) is 16.1 Å². The molecule has 0 saturated carbocycles.